The van der Waals surface area contributed by atoms with E-state index in [1.165, 1.54) is 36.8 Å². The SMILES string of the molecule is C=C(C)C1=C[C@H]2[C@H](C)[C@@H](OC)CC[C@@]2(C)CC1. The van der Waals surface area contributed by atoms with Crippen LogP contribution in [-0.4, -0.2) is 13.2 Å². The molecule has 0 radical (unpaired) electrons. The molecule has 2 rings (SSSR count). The van der Waals surface area contributed by atoms with E-state index >= 15 is 0 Å². The molecule has 2 aliphatic carbocycles. The standard InChI is InChI=1S/C16H26O/c1-11(2)13-6-8-16(4)9-7-15(17-5)12(3)14(16)10-13/h10,12,14-15H,1,6-9H2,2-5H3/t12-,14-,15-,16+/m0/s1. The van der Waals surface area contributed by atoms with Crippen molar-refractivity contribution in [2.24, 2.45) is 17.3 Å². The van der Waals surface area contributed by atoms with Crippen molar-refractivity contribution in [1.29, 1.82) is 0 Å². The molecule has 0 spiro atoms. The van der Waals surface area contributed by atoms with Gasteiger partial charge in [0.25, 0.3) is 0 Å². The third-order valence-electron chi connectivity index (χ3n) is 5.15. The summed E-state index contributed by atoms with van der Waals surface area (Å²) in [5.74, 6) is 1.30. The van der Waals surface area contributed by atoms with Crippen LogP contribution in [0.25, 0.3) is 0 Å². The summed E-state index contributed by atoms with van der Waals surface area (Å²) < 4.78 is 5.64. The quantitative estimate of drug-likeness (QED) is 0.690. The minimum Gasteiger partial charge on any atom is -0.381 e. The number of allylic oxidation sites excluding steroid dienone is 3. The van der Waals surface area contributed by atoms with Crippen molar-refractivity contribution in [3.8, 4) is 0 Å². The highest BCUT2D eigenvalue weighted by atomic mass is 16.5. The van der Waals surface area contributed by atoms with Gasteiger partial charge in [-0.05, 0) is 55.4 Å². The average Bonchev–Trinajstić information content (AvgIpc) is 2.29. The Kier molecular flexibility index (Phi) is 3.49. The molecule has 1 saturated carbocycles. The Balaban J connectivity index is 2.28. The maximum Gasteiger partial charge on any atom is 0.0602 e. The third-order valence-corrected chi connectivity index (χ3v) is 5.15. The van der Waals surface area contributed by atoms with Crippen LogP contribution in [0.5, 0.6) is 0 Å². The lowest BCUT2D eigenvalue weighted by Crippen LogP contribution is -2.44. The topological polar surface area (TPSA) is 9.23 Å². The van der Waals surface area contributed by atoms with Crippen LogP contribution in [0.15, 0.2) is 23.8 Å². The van der Waals surface area contributed by atoms with Gasteiger partial charge in [-0.15, -0.1) is 0 Å². The summed E-state index contributed by atoms with van der Waals surface area (Å²) in [6, 6.07) is 0. The third kappa shape index (κ3) is 2.22. The lowest BCUT2D eigenvalue weighted by Gasteiger charge is -2.50. The highest BCUT2D eigenvalue weighted by Gasteiger charge is 2.45. The molecular weight excluding hydrogens is 208 g/mol. The first kappa shape index (κ1) is 12.9. The van der Waals surface area contributed by atoms with E-state index in [4.69, 9.17) is 4.74 Å². The number of rotatable bonds is 2. The normalized spacial score (nSPS) is 41.6. The van der Waals surface area contributed by atoms with Crippen LogP contribution in [0, 0.1) is 17.3 Å². The molecule has 96 valence electrons. The van der Waals surface area contributed by atoms with Gasteiger partial charge in [0.15, 0.2) is 0 Å². The molecule has 1 nitrogen and oxygen atoms in total. The summed E-state index contributed by atoms with van der Waals surface area (Å²) in [7, 11) is 1.86. The molecule has 0 unspecified atom stereocenters. The van der Waals surface area contributed by atoms with Gasteiger partial charge in [0.05, 0.1) is 6.10 Å². The smallest absolute Gasteiger partial charge is 0.0602 e. The number of hydrogen-bond acceptors (Lipinski definition) is 1. The summed E-state index contributed by atoms with van der Waals surface area (Å²) in [4.78, 5) is 0. The molecule has 0 aromatic rings. The highest BCUT2D eigenvalue weighted by Crippen LogP contribution is 2.52. The molecule has 17 heavy (non-hydrogen) atoms. The van der Waals surface area contributed by atoms with Gasteiger partial charge in [0.2, 0.25) is 0 Å². The van der Waals surface area contributed by atoms with Crippen molar-refractivity contribution in [3.63, 3.8) is 0 Å². The fraction of sp³-hybridized carbons (Fsp3) is 0.750. The Morgan fingerprint density at radius 2 is 2.18 bits per heavy atom. The Morgan fingerprint density at radius 3 is 2.76 bits per heavy atom. The first-order valence-corrected chi connectivity index (χ1v) is 6.87. The molecule has 0 amide bonds. The van der Waals surface area contributed by atoms with Gasteiger partial charge in [0, 0.05) is 7.11 Å². The van der Waals surface area contributed by atoms with Crippen LogP contribution in [0.1, 0.15) is 46.5 Å². The Labute approximate surface area is 106 Å². The van der Waals surface area contributed by atoms with Crippen molar-refractivity contribution in [2.45, 2.75) is 52.6 Å². The van der Waals surface area contributed by atoms with Gasteiger partial charge in [-0.2, -0.15) is 0 Å². The first-order chi connectivity index (χ1) is 7.98. The highest BCUT2D eigenvalue weighted by molar-refractivity contribution is 5.30. The van der Waals surface area contributed by atoms with Gasteiger partial charge in [-0.1, -0.05) is 32.1 Å². The van der Waals surface area contributed by atoms with Crippen LogP contribution >= 0.6 is 0 Å². The second-order valence-corrected chi connectivity index (χ2v) is 6.32. The summed E-state index contributed by atoms with van der Waals surface area (Å²) in [6.07, 6.45) is 8.00. The van der Waals surface area contributed by atoms with Crippen LogP contribution in [0.3, 0.4) is 0 Å². The van der Waals surface area contributed by atoms with Crippen LogP contribution in [0.4, 0.5) is 0 Å². The van der Waals surface area contributed by atoms with Crippen LogP contribution in [-0.2, 0) is 4.74 Å². The molecule has 1 fully saturated rings. The lowest BCUT2D eigenvalue weighted by molar-refractivity contribution is -0.0439. The molecule has 0 bridgehead atoms. The van der Waals surface area contributed by atoms with Crippen molar-refractivity contribution in [1.82, 2.24) is 0 Å². The summed E-state index contributed by atoms with van der Waals surface area (Å²) in [6.45, 7) is 11.1. The number of ether oxygens (including phenoxy) is 1. The minimum atomic E-state index is 0.439. The predicted molar refractivity (Wildman–Crippen MR) is 72.9 cm³/mol. The van der Waals surface area contributed by atoms with Gasteiger partial charge in [0.1, 0.15) is 0 Å². The Bertz CT molecular complexity index is 341. The fourth-order valence-electron chi connectivity index (χ4n) is 3.82. The minimum absolute atomic E-state index is 0.439. The molecule has 2 aliphatic rings. The molecule has 0 heterocycles. The number of fused-ring (bicyclic) bond motifs is 1. The maximum atomic E-state index is 5.64. The molecule has 0 N–H and O–H groups in total. The molecule has 0 aliphatic heterocycles. The number of hydrogen-bond donors (Lipinski definition) is 0. The Morgan fingerprint density at radius 1 is 1.47 bits per heavy atom. The predicted octanol–water partition coefficient (Wildman–Crippen LogP) is 4.35. The fourth-order valence-corrected chi connectivity index (χ4v) is 3.82. The van der Waals surface area contributed by atoms with E-state index < -0.39 is 0 Å². The largest absolute Gasteiger partial charge is 0.381 e. The van der Waals surface area contributed by atoms with Crippen molar-refractivity contribution in [2.75, 3.05) is 7.11 Å². The molecule has 0 aromatic heterocycles. The monoisotopic (exact) mass is 234 g/mol. The van der Waals surface area contributed by atoms with Crippen LogP contribution in [0.2, 0.25) is 0 Å². The second kappa shape index (κ2) is 4.61. The second-order valence-electron chi connectivity index (χ2n) is 6.32. The van der Waals surface area contributed by atoms with Crippen LogP contribution < -0.4 is 0 Å². The molecular formula is C16H26O. The molecule has 4 atom stereocenters. The van der Waals surface area contributed by atoms with Gasteiger partial charge >= 0.3 is 0 Å². The van der Waals surface area contributed by atoms with E-state index in [9.17, 15) is 0 Å². The van der Waals surface area contributed by atoms with E-state index in [0.717, 1.165) is 0 Å². The molecule has 0 aromatic carbocycles. The van der Waals surface area contributed by atoms with E-state index in [2.05, 4.69) is 33.4 Å². The zero-order chi connectivity index (χ0) is 12.6. The van der Waals surface area contributed by atoms with Gasteiger partial charge in [-0.3, -0.25) is 0 Å². The zero-order valence-electron chi connectivity index (χ0n) is 11.8. The molecule has 0 saturated heterocycles. The Hall–Kier alpha value is -0.560. The molecule has 1 heteroatoms. The summed E-state index contributed by atoms with van der Waals surface area (Å²) >= 11 is 0. The van der Waals surface area contributed by atoms with Crippen molar-refractivity contribution < 1.29 is 4.74 Å². The van der Waals surface area contributed by atoms with E-state index in [1.807, 2.05) is 7.11 Å². The summed E-state index contributed by atoms with van der Waals surface area (Å²) in [5.41, 5.74) is 3.22. The van der Waals surface area contributed by atoms with Gasteiger partial charge < -0.3 is 4.74 Å². The van der Waals surface area contributed by atoms with E-state index in [1.54, 1.807) is 0 Å². The maximum absolute atomic E-state index is 5.64. The average molecular weight is 234 g/mol. The first-order valence-electron chi connectivity index (χ1n) is 6.87. The summed E-state index contributed by atoms with van der Waals surface area (Å²) in [5, 5.41) is 0. The van der Waals surface area contributed by atoms with Gasteiger partial charge in [-0.25, -0.2) is 0 Å². The van der Waals surface area contributed by atoms with E-state index in [0.29, 0.717) is 23.4 Å². The van der Waals surface area contributed by atoms with E-state index in [-0.39, 0.29) is 0 Å². The lowest BCUT2D eigenvalue weighted by atomic mass is 9.57. The zero-order valence-corrected chi connectivity index (χ0v) is 11.8. The van der Waals surface area contributed by atoms with Crippen molar-refractivity contribution >= 4 is 0 Å². The van der Waals surface area contributed by atoms with Crippen molar-refractivity contribution in [3.05, 3.63) is 23.8 Å². The number of methoxy groups -OCH3 is 1.